The average Bonchev–Trinajstić information content (AvgIpc) is 2.85. The van der Waals surface area contributed by atoms with Crippen LogP contribution >= 0.6 is 0 Å². The summed E-state index contributed by atoms with van der Waals surface area (Å²) in [6.07, 6.45) is 1.95. The molecule has 3 heteroatoms. The summed E-state index contributed by atoms with van der Waals surface area (Å²) in [6, 6.07) is 13.1. The first-order valence-electron chi connectivity index (χ1n) is 6.71. The van der Waals surface area contributed by atoms with Crippen LogP contribution in [0.3, 0.4) is 0 Å². The molecule has 19 heavy (non-hydrogen) atoms. The van der Waals surface area contributed by atoms with Crippen molar-refractivity contribution in [2.45, 2.75) is 26.1 Å². The van der Waals surface area contributed by atoms with Gasteiger partial charge in [0.2, 0.25) is 0 Å². The van der Waals surface area contributed by atoms with Gasteiger partial charge in [-0.05, 0) is 29.7 Å². The van der Waals surface area contributed by atoms with E-state index in [0.717, 1.165) is 18.8 Å². The van der Waals surface area contributed by atoms with E-state index >= 15 is 0 Å². The van der Waals surface area contributed by atoms with Gasteiger partial charge in [-0.15, -0.1) is 0 Å². The number of fused-ring (bicyclic) bond motifs is 1. The lowest BCUT2D eigenvalue weighted by molar-refractivity contribution is 0.205. The number of hydrogen-bond donors (Lipinski definition) is 1. The lowest BCUT2D eigenvalue weighted by atomic mass is 10.1. The molecule has 0 fully saturated rings. The van der Waals surface area contributed by atoms with E-state index in [2.05, 4.69) is 46.3 Å². The molecule has 0 bridgehead atoms. The van der Waals surface area contributed by atoms with Crippen molar-refractivity contribution in [1.82, 2.24) is 9.88 Å². The van der Waals surface area contributed by atoms with Crippen molar-refractivity contribution in [3.8, 4) is 0 Å². The van der Waals surface area contributed by atoms with Gasteiger partial charge in [-0.3, -0.25) is 9.88 Å². The molecule has 1 aromatic carbocycles. The molecule has 3 nitrogen and oxygen atoms in total. The van der Waals surface area contributed by atoms with Crippen molar-refractivity contribution in [1.29, 1.82) is 0 Å². The van der Waals surface area contributed by atoms with Gasteiger partial charge in [-0.1, -0.05) is 30.3 Å². The maximum atomic E-state index is 5.99. The zero-order valence-corrected chi connectivity index (χ0v) is 11.2. The number of aromatic nitrogens is 1. The lowest BCUT2D eigenvalue weighted by Crippen LogP contribution is -2.29. The minimum absolute atomic E-state index is 0.250. The Bertz CT molecular complexity index is 537. The Balaban J connectivity index is 1.83. The minimum Gasteiger partial charge on any atom is -0.329 e. The van der Waals surface area contributed by atoms with Crippen LogP contribution in [0.25, 0.3) is 0 Å². The number of pyridine rings is 1. The second kappa shape index (κ2) is 5.11. The molecule has 0 saturated heterocycles. The van der Waals surface area contributed by atoms with Crippen LogP contribution in [0.1, 0.15) is 28.4 Å². The molecule has 0 spiro atoms. The molecule has 1 aromatic heterocycles. The van der Waals surface area contributed by atoms with Gasteiger partial charge >= 0.3 is 0 Å². The Morgan fingerprint density at radius 2 is 1.84 bits per heavy atom. The van der Waals surface area contributed by atoms with Gasteiger partial charge in [0, 0.05) is 37.6 Å². The van der Waals surface area contributed by atoms with E-state index in [1.807, 2.05) is 13.1 Å². The van der Waals surface area contributed by atoms with Gasteiger partial charge in [-0.25, -0.2) is 0 Å². The Hall–Kier alpha value is -1.71. The third kappa shape index (κ3) is 2.39. The summed E-state index contributed by atoms with van der Waals surface area (Å²) in [5, 5.41) is 0. The standard InChI is InChI=1S/C16H19N3/c1-12-6-7-13(9-18-12)16(8-17)19-10-14-4-2-3-5-15(14)11-19/h2-7,9,16H,8,10-11,17H2,1H3. The van der Waals surface area contributed by atoms with Gasteiger partial charge in [0.1, 0.15) is 0 Å². The van der Waals surface area contributed by atoms with Crippen LogP contribution in [0, 0.1) is 6.92 Å². The van der Waals surface area contributed by atoms with Crippen LogP contribution in [-0.2, 0) is 13.1 Å². The predicted octanol–water partition coefficient (Wildman–Crippen LogP) is 2.41. The molecule has 0 amide bonds. The zero-order chi connectivity index (χ0) is 13.2. The Labute approximate surface area is 114 Å². The van der Waals surface area contributed by atoms with E-state index in [1.165, 1.54) is 16.7 Å². The van der Waals surface area contributed by atoms with E-state index in [4.69, 9.17) is 5.73 Å². The highest BCUT2D eigenvalue weighted by atomic mass is 15.2. The summed E-state index contributed by atoms with van der Waals surface area (Å²) in [5.41, 5.74) is 11.1. The number of hydrogen-bond acceptors (Lipinski definition) is 3. The summed E-state index contributed by atoms with van der Waals surface area (Å²) in [4.78, 5) is 6.81. The van der Waals surface area contributed by atoms with E-state index in [1.54, 1.807) is 0 Å². The van der Waals surface area contributed by atoms with Crippen LogP contribution in [0.5, 0.6) is 0 Å². The fraction of sp³-hybridized carbons (Fsp3) is 0.312. The highest BCUT2D eigenvalue weighted by molar-refractivity contribution is 5.31. The lowest BCUT2D eigenvalue weighted by Gasteiger charge is -2.26. The van der Waals surface area contributed by atoms with E-state index < -0.39 is 0 Å². The van der Waals surface area contributed by atoms with Gasteiger partial charge < -0.3 is 5.73 Å². The normalized spacial score (nSPS) is 16.3. The first-order chi connectivity index (χ1) is 9.28. The Kier molecular flexibility index (Phi) is 3.32. The molecule has 1 aliphatic heterocycles. The summed E-state index contributed by atoms with van der Waals surface area (Å²) in [7, 11) is 0. The first kappa shape index (κ1) is 12.3. The molecule has 0 radical (unpaired) electrons. The van der Waals surface area contributed by atoms with E-state index in [-0.39, 0.29) is 6.04 Å². The van der Waals surface area contributed by atoms with E-state index in [9.17, 15) is 0 Å². The molecule has 0 saturated carbocycles. The zero-order valence-electron chi connectivity index (χ0n) is 11.2. The van der Waals surface area contributed by atoms with Gasteiger partial charge in [-0.2, -0.15) is 0 Å². The molecular weight excluding hydrogens is 234 g/mol. The van der Waals surface area contributed by atoms with Gasteiger partial charge in [0.25, 0.3) is 0 Å². The molecular formula is C16H19N3. The molecule has 1 atom stereocenters. The minimum atomic E-state index is 0.250. The maximum Gasteiger partial charge on any atom is 0.0492 e. The second-order valence-corrected chi connectivity index (χ2v) is 5.16. The van der Waals surface area contributed by atoms with Crippen LogP contribution in [-0.4, -0.2) is 16.4 Å². The summed E-state index contributed by atoms with van der Waals surface area (Å²) in [5.74, 6) is 0. The topological polar surface area (TPSA) is 42.1 Å². The molecule has 1 unspecified atom stereocenters. The van der Waals surface area contributed by atoms with Crippen LogP contribution in [0.4, 0.5) is 0 Å². The molecule has 2 N–H and O–H groups in total. The molecule has 2 heterocycles. The predicted molar refractivity (Wildman–Crippen MR) is 76.5 cm³/mol. The third-order valence-corrected chi connectivity index (χ3v) is 3.85. The van der Waals surface area contributed by atoms with Crippen LogP contribution in [0.15, 0.2) is 42.6 Å². The quantitative estimate of drug-likeness (QED) is 0.913. The van der Waals surface area contributed by atoms with Crippen molar-refractivity contribution < 1.29 is 0 Å². The summed E-state index contributed by atoms with van der Waals surface area (Å²) >= 11 is 0. The number of nitrogens with zero attached hydrogens (tertiary/aromatic N) is 2. The molecule has 1 aliphatic rings. The van der Waals surface area contributed by atoms with E-state index in [0.29, 0.717) is 6.54 Å². The monoisotopic (exact) mass is 253 g/mol. The molecule has 2 aromatic rings. The molecule has 3 rings (SSSR count). The van der Waals surface area contributed by atoms with Crippen LogP contribution in [0.2, 0.25) is 0 Å². The average molecular weight is 253 g/mol. The number of nitrogens with two attached hydrogens (primary N) is 1. The Morgan fingerprint density at radius 1 is 1.16 bits per heavy atom. The fourth-order valence-corrected chi connectivity index (χ4v) is 2.75. The maximum absolute atomic E-state index is 5.99. The number of benzene rings is 1. The van der Waals surface area contributed by atoms with Gasteiger partial charge in [0.15, 0.2) is 0 Å². The van der Waals surface area contributed by atoms with Crippen molar-refractivity contribution in [2.75, 3.05) is 6.54 Å². The largest absolute Gasteiger partial charge is 0.329 e. The van der Waals surface area contributed by atoms with Crippen molar-refractivity contribution in [3.05, 3.63) is 65.0 Å². The van der Waals surface area contributed by atoms with Crippen molar-refractivity contribution in [2.24, 2.45) is 5.73 Å². The van der Waals surface area contributed by atoms with Gasteiger partial charge in [0.05, 0.1) is 0 Å². The first-order valence-corrected chi connectivity index (χ1v) is 6.71. The number of aryl methyl sites for hydroxylation is 1. The van der Waals surface area contributed by atoms with Crippen molar-refractivity contribution >= 4 is 0 Å². The summed E-state index contributed by atoms with van der Waals surface area (Å²) < 4.78 is 0. The number of rotatable bonds is 3. The molecule has 98 valence electrons. The highest BCUT2D eigenvalue weighted by Crippen LogP contribution is 2.30. The smallest absolute Gasteiger partial charge is 0.0492 e. The fourth-order valence-electron chi connectivity index (χ4n) is 2.75. The molecule has 0 aliphatic carbocycles. The Morgan fingerprint density at radius 3 is 2.37 bits per heavy atom. The van der Waals surface area contributed by atoms with Crippen LogP contribution < -0.4 is 5.73 Å². The summed E-state index contributed by atoms with van der Waals surface area (Å²) in [6.45, 7) is 4.59. The third-order valence-electron chi connectivity index (χ3n) is 3.85. The highest BCUT2D eigenvalue weighted by Gasteiger charge is 2.25. The van der Waals surface area contributed by atoms with Crippen molar-refractivity contribution in [3.63, 3.8) is 0 Å². The SMILES string of the molecule is Cc1ccc(C(CN)N2Cc3ccccc3C2)cn1. The second-order valence-electron chi connectivity index (χ2n) is 5.16.